The largest absolute Gasteiger partial charge is 0.480 e. The monoisotopic (exact) mass is 868 g/mol. The number of phosphoric acid groups is 1. The van der Waals surface area contributed by atoms with Crippen LogP contribution in [0.5, 0.6) is 0 Å². The smallest absolute Gasteiger partial charge is 0.472 e. The van der Waals surface area contributed by atoms with E-state index in [0.29, 0.717) is 12.8 Å². The van der Waals surface area contributed by atoms with Crippen LogP contribution in [0.1, 0.15) is 206 Å². The first-order valence-electron chi connectivity index (χ1n) is 23.7. The van der Waals surface area contributed by atoms with Crippen LogP contribution < -0.4 is 5.32 Å². The highest BCUT2D eigenvalue weighted by Crippen LogP contribution is 2.43. The number of hydrogen-bond acceptors (Lipinski definition) is 8. The molecule has 0 aliphatic rings. The zero-order valence-corrected chi connectivity index (χ0v) is 38.6. The van der Waals surface area contributed by atoms with Crippen molar-refractivity contribution in [2.75, 3.05) is 19.8 Å². The first kappa shape index (κ1) is 57.4. The fourth-order valence-electron chi connectivity index (χ4n) is 6.44. The molecule has 0 saturated heterocycles. The zero-order chi connectivity index (χ0) is 44.2. The molecule has 1 amide bonds. The Bertz CT molecular complexity index is 1200. The summed E-state index contributed by atoms with van der Waals surface area (Å²) in [7, 11) is -4.77. The molecule has 0 aromatic rings. The highest BCUT2D eigenvalue weighted by Gasteiger charge is 2.28. The van der Waals surface area contributed by atoms with Gasteiger partial charge in [0, 0.05) is 12.8 Å². The topological polar surface area (TPSA) is 169 Å². The lowest BCUT2D eigenvalue weighted by Gasteiger charge is -2.18. The maximum atomic E-state index is 12.3. The Morgan fingerprint density at radius 3 is 1.48 bits per heavy atom. The van der Waals surface area contributed by atoms with Crippen LogP contribution in [0.3, 0.4) is 0 Å². The van der Waals surface area contributed by atoms with Crippen molar-refractivity contribution in [3.8, 4) is 0 Å². The van der Waals surface area contributed by atoms with Crippen molar-refractivity contribution in [2.45, 2.75) is 219 Å². The van der Waals surface area contributed by atoms with Gasteiger partial charge in [0.1, 0.15) is 12.7 Å². The van der Waals surface area contributed by atoms with E-state index in [1.165, 1.54) is 109 Å². The van der Waals surface area contributed by atoms with E-state index in [-0.39, 0.29) is 12.8 Å². The molecule has 0 rings (SSSR count). The number of allylic oxidation sites excluding steroid dienone is 8. The summed E-state index contributed by atoms with van der Waals surface area (Å²) in [6, 6.07) is -1.56. The van der Waals surface area contributed by atoms with Crippen LogP contribution in [0.4, 0.5) is 0 Å². The summed E-state index contributed by atoms with van der Waals surface area (Å²) in [5.41, 5.74) is 0. The number of aliphatic hydroxyl groups is 1. The van der Waals surface area contributed by atoms with Gasteiger partial charge < -0.3 is 25.2 Å². The summed E-state index contributed by atoms with van der Waals surface area (Å²) in [6.45, 7) is 2.46. The fraction of sp³-hybridized carbons (Fsp3) is 0.771. The van der Waals surface area contributed by atoms with Gasteiger partial charge in [-0.15, -0.1) is 0 Å². The third-order valence-electron chi connectivity index (χ3n) is 10.1. The highest BCUT2D eigenvalue weighted by atomic mass is 31.2. The normalized spacial score (nSPS) is 14.1. The predicted octanol–water partition coefficient (Wildman–Crippen LogP) is 12.6. The van der Waals surface area contributed by atoms with Crippen molar-refractivity contribution in [1.82, 2.24) is 5.32 Å². The number of esters is 1. The fourth-order valence-corrected chi connectivity index (χ4v) is 7.21. The number of aliphatic hydroxyl groups excluding tert-OH is 1. The summed E-state index contributed by atoms with van der Waals surface area (Å²) in [4.78, 5) is 45.9. The van der Waals surface area contributed by atoms with E-state index in [4.69, 9.17) is 13.8 Å². The van der Waals surface area contributed by atoms with E-state index in [9.17, 15) is 34.1 Å². The number of carbonyl (C=O) groups excluding carboxylic acids is 2. The summed E-state index contributed by atoms with van der Waals surface area (Å²) >= 11 is 0. The number of amides is 1. The lowest BCUT2D eigenvalue weighted by molar-refractivity contribution is -0.147. The number of hydrogen-bond donors (Lipinski definition) is 4. The minimum absolute atomic E-state index is 0.109. The second-order valence-electron chi connectivity index (χ2n) is 15.9. The number of aliphatic carboxylic acids is 1. The van der Waals surface area contributed by atoms with Gasteiger partial charge in [-0.3, -0.25) is 18.6 Å². The molecule has 0 radical (unpaired) electrons. The van der Waals surface area contributed by atoms with E-state index in [1.54, 1.807) is 0 Å². The van der Waals surface area contributed by atoms with Crippen LogP contribution in [-0.4, -0.2) is 64.9 Å². The number of carbonyl (C=O) groups is 3. The van der Waals surface area contributed by atoms with E-state index < -0.39 is 57.6 Å². The molecular weight excluding hydrogens is 781 g/mol. The van der Waals surface area contributed by atoms with E-state index in [0.717, 1.165) is 57.8 Å². The number of unbranched alkanes of at least 4 members (excludes halogenated alkanes) is 22. The van der Waals surface area contributed by atoms with Gasteiger partial charge in [0.15, 0.2) is 6.04 Å². The van der Waals surface area contributed by atoms with Crippen molar-refractivity contribution in [3.05, 3.63) is 48.6 Å². The van der Waals surface area contributed by atoms with Crippen molar-refractivity contribution in [2.24, 2.45) is 0 Å². The van der Waals surface area contributed by atoms with Gasteiger partial charge in [0.25, 0.3) is 0 Å². The van der Waals surface area contributed by atoms with Crippen LogP contribution >= 0.6 is 7.82 Å². The van der Waals surface area contributed by atoms with Crippen molar-refractivity contribution in [1.29, 1.82) is 0 Å². The third kappa shape index (κ3) is 42.1. The number of carboxylic acid groups (broad SMARTS) is 1. The van der Waals surface area contributed by atoms with Gasteiger partial charge in [-0.25, -0.2) is 9.36 Å². The Kier molecular flexibility index (Phi) is 41.3. The van der Waals surface area contributed by atoms with Gasteiger partial charge in [0.2, 0.25) is 5.91 Å². The molecule has 0 heterocycles. The SMILES string of the molecule is CC/C=C\C/C=C\C/C=C\CCCCCC(=O)NC(COP(=O)(O)OCC(O)COC(=O)CCCCCCCCCCCCCCC/C=C/CCCCCCCC)C(=O)O. The Hall–Kier alpha value is -2.56. The molecule has 0 fully saturated rings. The molecule has 60 heavy (non-hydrogen) atoms. The van der Waals surface area contributed by atoms with Crippen LogP contribution in [0, 0.1) is 0 Å². The van der Waals surface area contributed by atoms with Crippen molar-refractivity contribution in [3.63, 3.8) is 0 Å². The summed E-state index contributed by atoms with van der Waals surface area (Å²) in [6.07, 6.45) is 48.7. The van der Waals surface area contributed by atoms with Crippen molar-refractivity contribution < 1.29 is 47.8 Å². The number of phosphoric ester groups is 1. The van der Waals surface area contributed by atoms with Crippen LogP contribution in [0.2, 0.25) is 0 Å². The van der Waals surface area contributed by atoms with Gasteiger partial charge in [-0.05, 0) is 70.6 Å². The summed E-state index contributed by atoms with van der Waals surface area (Å²) < 4.78 is 26.9. The molecule has 4 N–H and O–H groups in total. The average molecular weight is 868 g/mol. The van der Waals surface area contributed by atoms with E-state index in [1.807, 2.05) is 0 Å². The van der Waals surface area contributed by atoms with Crippen LogP contribution in [0.25, 0.3) is 0 Å². The minimum atomic E-state index is -4.77. The van der Waals surface area contributed by atoms with Gasteiger partial charge in [0.05, 0.1) is 13.2 Å². The lowest BCUT2D eigenvalue weighted by Crippen LogP contribution is -2.43. The number of carboxylic acids is 1. The first-order chi connectivity index (χ1) is 29.1. The predicted molar refractivity (Wildman–Crippen MR) is 245 cm³/mol. The number of ether oxygens (including phenoxy) is 1. The maximum absolute atomic E-state index is 12.3. The van der Waals surface area contributed by atoms with Crippen LogP contribution in [0.15, 0.2) is 48.6 Å². The van der Waals surface area contributed by atoms with Gasteiger partial charge >= 0.3 is 19.8 Å². The quantitative estimate of drug-likeness (QED) is 0.0200. The molecule has 11 nitrogen and oxygen atoms in total. The Labute approximate surface area is 364 Å². The number of rotatable bonds is 44. The van der Waals surface area contributed by atoms with Gasteiger partial charge in [-0.2, -0.15) is 0 Å². The molecule has 0 saturated carbocycles. The molecule has 3 atom stereocenters. The number of nitrogens with one attached hydrogen (secondary N) is 1. The second kappa shape index (κ2) is 43.1. The highest BCUT2D eigenvalue weighted by molar-refractivity contribution is 7.47. The van der Waals surface area contributed by atoms with Crippen LogP contribution in [-0.2, 0) is 32.7 Å². The van der Waals surface area contributed by atoms with Gasteiger partial charge in [-0.1, -0.05) is 172 Å². The van der Waals surface area contributed by atoms with E-state index >= 15 is 0 Å². The molecule has 0 bridgehead atoms. The Morgan fingerprint density at radius 1 is 0.550 bits per heavy atom. The van der Waals surface area contributed by atoms with E-state index in [2.05, 4.69) is 67.8 Å². The first-order valence-corrected chi connectivity index (χ1v) is 25.2. The molecule has 0 aliphatic carbocycles. The third-order valence-corrected chi connectivity index (χ3v) is 11.1. The molecule has 0 aliphatic heterocycles. The molecule has 12 heteroatoms. The Morgan fingerprint density at radius 2 is 0.967 bits per heavy atom. The van der Waals surface area contributed by atoms with Crippen molar-refractivity contribution >= 4 is 25.7 Å². The Balaban J connectivity index is 3.82. The zero-order valence-electron chi connectivity index (χ0n) is 37.8. The molecule has 0 aromatic heterocycles. The molecule has 0 spiro atoms. The average Bonchev–Trinajstić information content (AvgIpc) is 3.22. The second-order valence-corrected chi connectivity index (χ2v) is 17.4. The summed E-state index contributed by atoms with van der Waals surface area (Å²) in [5.74, 6) is -2.41. The molecule has 348 valence electrons. The lowest BCUT2D eigenvalue weighted by atomic mass is 10.0. The molecule has 0 aromatic carbocycles. The maximum Gasteiger partial charge on any atom is 0.472 e. The molecular formula is C48H86NO10P. The molecule has 3 unspecified atom stereocenters. The standard InChI is InChI=1S/C48H86NO10P/c1-3-5-7-9-11-13-15-17-18-19-20-21-22-23-24-25-26-28-30-32-34-36-38-40-47(52)57-41-44(50)42-58-60(55,56)59-43-45(48(53)54)49-46(51)39-37-35-33-31-29-27-16-14-12-10-8-6-4-2/h6,8,12,14,17-18,27,29,44-45,50H,3-5,7,9-11,13,15-16,19-26,28,30-43H2,1-2H3,(H,49,51)(H,53,54)(H,55,56)/b8-6-,14-12-,18-17+,29-27-. The minimum Gasteiger partial charge on any atom is -0.480 e. The summed E-state index contributed by atoms with van der Waals surface area (Å²) in [5, 5.41) is 21.8.